The molecule has 0 spiro atoms. The summed E-state index contributed by atoms with van der Waals surface area (Å²) in [6, 6.07) is -0.281. The summed E-state index contributed by atoms with van der Waals surface area (Å²) < 4.78 is 0. The van der Waals surface area contributed by atoms with E-state index in [4.69, 9.17) is 12.2 Å². The van der Waals surface area contributed by atoms with Crippen molar-refractivity contribution in [3.8, 4) is 12.3 Å². The Labute approximate surface area is 86.6 Å². The summed E-state index contributed by atoms with van der Waals surface area (Å²) in [4.78, 5) is 13.4. The van der Waals surface area contributed by atoms with Crippen molar-refractivity contribution in [1.29, 1.82) is 0 Å². The van der Waals surface area contributed by atoms with Crippen molar-refractivity contribution in [2.24, 2.45) is 5.73 Å². The lowest BCUT2D eigenvalue weighted by Crippen LogP contribution is -2.46. The van der Waals surface area contributed by atoms with E-state index in [0.717, 1.165) is 12.8 Å². The lowest BCUT2D eigenvalue weighted by Gasteiger charge is -2.28. The lowest BCUT2D eigenvalue weighted by atomic mass is 10.1. The smallest absolute Gasteiger partial charge is 0.240 e. The van der Waals surface area contributed by atoms with Gasteiger partial charge in [-0.3, -0.25) is 4.79 Å². The first-order valence-corrected chi connectivity index (χ1v) is 5.04. The fraction of sp³-hybridized carbons (Fsp3) is 0.727. The van der Waals surface area contributed by atoms with Crippen LogP contribution < -0.4 is 5.73 Å². The minimum absolute atomic E-state index is 0.0587. The number of amides is 1. The third kappa shape index (κ3) is 3.39. The van der Waals surface area contributed by atoms with Crippen LogP contribution in [0.15, 0.2) is 0 Å². The van der Waals surface area contributed by atoms with Crippen LogP contribution in [0.3, 0.4) is 0 Å². The van der Waals surface area contributed by atoms with Gasteiger partial charge in [-0.05, 0) is 12.8 Å². The van der Waals surface area contributed by atoms with E-state index in [1.54, 1.807) is 11.9 Å². The molecule has 3 nitrogen and oxygen atoms in total. The molecule has 0 aliphatic rings. The van der Waals surface area contributed by atoms with Crippen LogP contribution in [0, 0.1) is 12.3 Å². The molecule has 1 amide bonds. The van der Waals surface area contributed by atoms with Gasteiger partial charge in [-0.2, -0.15) is 0 Å². The number of likely N-dealkylation sites (N-methyl/N-ethyl adjacent to an activating group) is 1. The predicted octanol–water partition coefficient (Wildman–Crippen LogP) is 0.984. The van der Waals surface area contributed by atoms with Crippen LogP contribution in [-0.4, -0.2) is 29.9 Å². The Bertz CT molecular complexity index is 216. The number of hydrogen-bond donors (Lipinski definition) is 1. The summed E-state index contributed by atoms with van der Waals surface area (Å²) in [7, 11) is 1.79. The number of hydrogen-bond acceptors (Lipinski definition) is 2. The molecule has 80 valence electrons. The van der Waals surface area contributed by atoms with E-state index in [-0.39, 0.29) is 11.9 Å². The Kier molecular flexibility index (Phi) is 5.98. The number of rotatable bonds is 5. The van der Waals surface area contributed by atoms with Gasteiger partial charge in [0.05, 0.1) is 6.04 Å². The van der Waals surface area contributed by atoms with Gasteiger partial charge in [0, 0.05) is 19.5 Å². The quantitative estimate of drug-likeness (QED) is 0.666. The van der Waals surface area contributed by atoms with Crippen molar-refractivity contribution in [1.82, 2.24) is 4.90 Å². The molecule has 14 heavy (non-hydrogen) atoms. The van der Waals surface area contributed by atoms with Gasteiger partial charge in [0.15, 0.2) is 0 Å². The average Bonchev–Trinajstić information content (AvgIpc) is 2.18. The van der Waals surface area contributed by atoms with Gasteiger partial charge in [0.25, 0.3) is 0 Å². The van der Waals surface area contributed by atoms with Gasteiger partial charge in [-0.1, -0.05) is 13.8 Å². The highest BCUT2D eigenvalue weighted by Gasteiger charge is 2.21. The summed E-state index contributed by atoms with van der Waals surface area (Å²) in [6.07, 6.45) is 7.31. The molecule has 0 heterocycles. The fourth-order valence-corrected chi connectivity index (χ4v) is 1.49. The van der Waals surface area contributed by atoms with Crippen LogP contribution in [0.1, 0.15) is 33.1 Å². The second-order valence-electron chi connectivity index (χ2n) is 3.43. The molecular weight excluding hydrogens is 176 g/mol. The van der Waals surface area contributed by atoms with E-state index in [1.165, 1.54) is 0 Å². The van der Waals surface area contributed by atoms with Crippen LogP contribution in [0.5, 0.6) is 0 Å². The standard InChI is InChI=1S/C11H20N2O/c1-5-8-10(12)11(14)13(4)9(6-2)7-3/h1,9-10H,6-8,12H2,2-4H3. The summed E-state index contributed by atoms with van der Waals surface area (Å²) in [6.45, 7) is 4.12. The lowest BCUT2D eigenvalue weighted by molar-refractivity contribution is -0.133. The minimum Gasteiger partial charge on any atom is -0.341 e. The van der Waals surface area contributed by atoms with Gasteiger partial charge >= 0.3 is 0 Å². The Morgan fingerprint density at radius 2 is 2.00 bits per heavy atom. The second-order valence-corrected chi connectivity index (χ2v) is 3.43. The molecule has 1 unspecified atom stereocenters. The molecule has 0 fully saturated rings. The molecule has 2 N–H and O–H groups in total. The van der Waals surface area contributed by atoms with Crippen molar-refractivity contribution < 1.29 is 4.79 Å². The number of carbonyl (C=O) groups is 1. The van der Waals surface area contributed by atoms with Crippen molar-refractivity contribution in [2.45, 2.75) is 45.2 Å². The summed E-state index contributed by atoms with van der Waals surface area (Å²) in [5, 5.41) is 0. The monoisotopic (exact) mass is 196 g/mol. The summed E-state index contributed by atoms with van der Waals surface area (Å²) in [5.41, 5.74) is 5.64. The third-order valence-corrected chi connectivity index (χ3v) is 2.49. The Hall–Kier alpha value is -1.01. The molecule has 0 aromatic heterocycles. The molecular formula is C11H20N2O. The maximum atomic E-state index is 11.7. The van der Waals surface area contributed by atoms with Crippen molar-refractivity contribution >= 4 is 5.91 Å². The zero-order valence-corrected chi connectivity index (χ0v) is 9.29. The number of terminal acetylenes is 1. The molecule has 0 aliphatic carbocycles. The first-order valence-electron chi connectivity index (χ1n) is 5.04. The highest BCUT2D eigenvalue weighted by molar-refractivity contribution is 5.82. The Balaban J connectivity index is 4.30. The maximum Gasteiger partial charge on any atom is 0.240 e. The third-order valence-electron chi connectivity index (χ3n) is 2.49. The van der Waals surface area contributed by atoms with Gasteiger partial charge in [0.2, 0.25) is 5.91 Å². The largest absolute Gasteiger partial charge is 0.341 e. The first kappa shape index (κ1) is 13.0. The normalized spacial score (nSPS) is 12.3. The molecule has 1 atom stereocenters. The fourth-order valence-electron chi connectivity index (χ4n) is 1.49. The van der Waals surface area contributed by atoms with E-state index in [0.29, 0.717) is 6.42 Å². The highest BCUT2D eigenvalue weighted by Crippen LogP contribution is 2.07. The molecule has 0 rings (SSSR count). The molecule has 0 saturated heterocycles. The van der Waals surface area contributed by atoms with Crippen LogP contribution in [-0.2, 0) is 4.79 Å². The second kappa shape index (κ2) is 6.44. The Morgan fingerprint density at radius 1 is 1.50 bits per heavy atom. The van der Waals surface area contributed by atoms with Gasteiger partial charge in [0.1, 0.15) is 0 Å². The van der Waals surface area contributed by atoms with Gasteiger partial charge in [-0.25, -0.2) is 0 Å². The zero-order valence-electron chi connectivity index (χ0n) is 9.29. The zero-order chi connectivity index (χ0) is 11.1. The van der Waals surface area contributed by atoms with Crippen LogP contribution in [0.25, 0.3) is 0 Å². The number of nitrogens with two attached hydrogens (primary N) is 1. The highest BCUT2D eigenvalue weighted by atomic mass is 16.2. The van der Waals surface area contributed by atoms with E-state index in [1.807, 2.05) is 0 Å². The predicted molar refractivity (Wildman–Crippen MR) is 58.6 cm³/mol. The van der Waals surface area contributed by atoms with E-state index >= 15 is 0 Å². The number of carbonyl (C=O) groups excluding carboxylic acids is 1. The number of nitrogens with zero attached hydrogens (tertiary/aromatic N) is 1. The van der Waals surface area contributed by atoms with Gasteiger partial charge < -0.3 is 10.6 Å². The van der Waals surface area contributed by atoms with Crippen LogP contribution in [0.2, 0.25) is 0 Å². The molecule has 0 saturated carbocycles. The summed E-state index contributed by atoms with van der Waals surface area (Å²) >= 11 is 0. The molecule has 0 aromatic carbocycles. The van der Waals surface area contributed by atoms with E-state index < -0.39 is 6.04 Å². The van der Waals surface area contributed by atoms with Crippen LogP contribution in [0.4, 0.5) is 0 Å². The van der Waals surface area contributed by atoms with Crippen LogP contribution >= 0.6 is 0 Å². The SMILES string of the molecule is C#CCC(N)C(=O)N(C)C(CC)CC. The van der Waals surface area contributed by atoms with Gasteiger partial charge in [-0.15, -0.1) is 12.3 Å². The molecule has 0 aliphatic heterocycles. The average molecular weight is 196 g/mol. The first-order chi connectivity index (χ1) is 6.58. The minimum atomic E-state index is -0.550. The topological polar surface area (TPSA) is 46.3 Å². The van der Waals surface area contributed by atoms with E-state index in [9.17, 15) is 4.79 Å². The Morgan fingerprint density at radius 3 is 2.36 bits per heavy atom. The maximum absolute atomic E-state index is 11.7. The molecule has 0 aromatic rings. The van der Waals surface area contributed by atoms with Crippen molar-refractivity contribution in [3.05, 3.63) is 0 Å². The molecule has 3 heteroatoms. The van der Waals surface area contributed by atoms with Crippen molar-refractivity contribution in [2.75, 3.05) is 7.05 Å². The molecule has 0 bridgehead atoms. The van der Waals surface area contributed by atoms with Crippen molar-refractivity contribution in [3.63, 3.8) is 0 Å². The summed E-state index contributed by atoms with van der Waals surface area (Å²) in [5.74, 6) is 2.35. The van der Waals surface area contributed by atoms with E-state index in [2.05, 4.69) is 19.8 Å². The molecule has 0 radical (unpaired) electrons.